The van der Waals surface area contributed by atoms with Crippen LogP contribution in [0.3, 0.4) is 0 Å². The highest BCUT2D eigenvalue weighted by molar-refractivity contribution is 7.46. The van der Waals surface area contributed by atoms with E-state index in [-0.39, 0.29) is 0 Å². The van der Waals surface area contributed by atoms with Gasteiger partial charge in [-0.15, -0.1) is 0 Å². The minimum atomic E-state index is 0.928. The van der Waals surface area contributed by atoms with Crippen LogP contribution < -0.4 is 5.30 Å². The van der Waals surface area contributed by atoms with Gasteiger partial charge in [-0.05, 0) is 24.0 Å². The van der Waals surface area contributed by atoms with Gasteiger partial charge in [-0.1, -0.05) is 53.6 Å². The summed E-state index contributed by atoms with van der Waals surface area (Å²) in [4.78, 5) is 0. The molecule has 1 heteroatoms. The molecule has 0 aromatic heterocycles. The minimum absolute atomic E-state index is 0.928. The van der Waals surface area contributed by atoms with Gasteiger partial charge in [-0.25, -0.2) is 0 Å². The molecule has 12 heavy (non-hydrogen) atoms. The Labute approximate surface area is 78.2 Å². The maximum Gasteiger partial charge on any atom is -0.0274 e. The third-order valence-electron chi connectivity index (χ3n) is 1.65. The number of rotatable bonds is 2. The van der Waals surface area contributed by atoms with E-state index in [1.807, 2.05) is 13.8 Å². The molecule has 0 bridgehead atoms. The van der Waals surface area contributed by atoms with Crippen LogP contribution in [0, 0.1) is 0 Å². The first-order chi connectivity index (χ1) is 5.86. The lowest BCUT2D eigenvalue weighted by molar-refractivity contribution is 1.14. The van der Waals surface area contributed by atoms with Gasteiger partial charge in [0.1, 0.15) is 0 Å². The van der Waals surface area contributed by atoms with Crippen LogP contribution in [0.25, 0.3) is 0 Å². The third kappa shape index (κ3) is 3.88. The molecule has 0 aliphatic rings. The van der Waals surface area contributed by atoms with Gasteiger partial charge in [0.2, 0.25) is 0 Å². The molecule has 0 saturated heterocycles. The van der Waals surface area contributed by atoms with Gasteiger partial charge >= 0.3 is 0 Å². The average Bonchev–Trinajstić information content (AvgIpc) is 2.21. The molecule has 1 rings (SSSR count). The van der Waals surface area contributed by atoms with Crippen molar-refractivity contribution in [2.45, 2.75) is 27.2 Å². The zero-order valence-corrected chi connectivity index (χ0v) is 9.52. The van der Waals surface area contributed by atoms with Crippen molar-refractivity contribution in [2.24, 2.45) is 0 Å². The summed E-state index contributed by atoms with van der Waals surface area (Å²) in [5.41, 5.74) is 1.43. The quantitative estimate of drug-likeness (QED) is 0.616. The van der Waals surface area contributed by atoms with E-state index in [9.17, 15) is 0 Å². The van der Waals surface area contributed by atoms with Crippen LogP contribution in [0.5, 0.6) is 0 Å². The highest BCUT2D eigenvalue weighted by Gasteiger charge is 1.88. The Morgan fingerprint density at radius 2 is 1.58 bits per heavy atom. The zero-order valence-electron chi connectivity index (χ0n) is 8.52. The first kappa shape index (κ1) is 11.6. The molecule has 0 aliphatic heterocycles. The lowest BCUT2D eigenvalue weighted by Gasteiger charge is -1.97. The van der Waals surface area contributed by atoms with Crippen LogP contribution in [0.1, 0.15) is 26.3 Å². The molecule has 0 nitrogen and oxygen atoms in total. The third-order valence-corrected chi connectivity index (χ3v) is 2.56. The van der Waals surface area contributed by atoms with Crippen molar-refractivity contribution in [1.82, 2.24) is 0 Å². The summed E-state index contributed by atoms with van der Waals surface area (Å²) < 4.78 is 0. The Hall–Kier alpha value is -0.350. The largest absolute Gasteiger partial charge is 0.0936 e. The van der Waals surface area contributed by atoms with E-state index in [0.29, 0.717) is 0 Å². The van der Waals surface area contributed by atoms with Crippen molar-refractivity contribution in [3.8, 4) is 0 Å². The predicted octanol–water partition coefficient (Wildman–Crippen LogP) is 3.21. The first-order valence-electron chi connectivity index (χ1n) is 4.63. The van der Waals surface area contributed by atoms with Crippen molar-refractivity contribution in [3.63, 3.8) is 0 Å². The van der Waals surface area contributed by atoms with Gasteiger partial charge in [-0.3, -0.25) is 0 Å². The van der Waals surface area contributed by atoms with Crippen LogP contribution >= 0.6 is 8.58 Å². The lowest BCUT2D eigenvalue weighted by Crippen LogP contribution is -1.92. The molecule has 1 aromatic rings. The van der Waals surface area contributed by atoms with Crippen molar-refractivity contribution < 1.29 is 0 Å². The summed E-state index contributed by atoms with van der Waals surface area (Å²) in [6, 6.07) is 8.87. The van der Waals surface area contributed by atoms with E-state index in [1.165, 1.54) is 10.9 Å². The topological polar surface area (TPSA) is 0 Å². The van der Waals surface area contributed by atoms with Gasteiger partial charge in [0.15, 0.2) is 0 Å². The molecule has 0 amide bonds. The Morgan fingerprint density at radius 3 is 1.92 bits per heavy atom. The highest BCUT2D eigenvalue weighted by atomic mass is 31.1. The molecule has 1 unspecified atom stereocenters. The van der Waals surface area contributed by atoms with Gasteiger partial charge in [0.05, 0.1) is 0 Å². The van der Waals surface area contributed by atoms with Gasteiger partial charge < -0.3 is 0 Å². The van der Waals surface area contributed by atoms with E-state index in [0.717, 1.165) is 15.0 Å². The Kier molecular flexibility index (Phi) is 7.09. The van der Waals surface area contributed by atoms with Gasteiger partial charge in [-0.2, -0.15) is 0 Å². The van der Waals surface area contributed by atoms with Crippen LogP contribution in [0.4, 0.5) is 0 Å². The van der Waals surface area contributed by atoms with E-state index in [1.54, 1.807) is 0 Å². The smallest absolute Gasteiger partial charge is 0.0274 e. The van der Waals surface area contributed by atoms with E-state index in [4.69, 9.17) is 0 Å². The molecule has 0 N–H and O–H groups in total. The fourth-order valence-electron chi connectivity index (χ4n) is 0.907. The van der Waals surface area contributed by atoms with Crippen molar-refractivity contribution >= 4 is 13.9 Å². The van der Waals surface area contributed by atoms with E-state index in [2.05, 4.69) is 37.9 Å². The molecular weight excluding hydrogens is 163 g/mol. The lowest BCUT2D eigenvalue weighted by atomic mass is 10.2. The molecule has 68 valence electrons. The maximum atomic E-state index is 2.22. The molecule has 0 aliphatic carbocycles. The van der Waals surface area contributed by atoms with E-state index >= 15 is 0 Å². The standard InChI is InChI=1S/C9H13P.C2H6/c1-3-8-4-6-9(10-2)7-5-8;1-2/h4-7,10H,3H2,1-2H3;1-2H3. The molecule has 0 fully saturated rings. The number of aryl methyl sites for hydroxylation is 1. The summed E-state index contributed by atoms with van der Waals surface area (Å²) in [5.74, 6) is 0. The summed E-state index contributed by atoms with van der Waals surface area (Å²) in [5, 5.41) is 1.46. The molecule has 1 atom stereocenters. The van der Waals surface area contributed by atoms with Crippen LogP contribution in [0.15, 0.2) is 24.3 Å². The number of benzene rings is 1. The fourth-order valence-corrected chi connectivity index (χ4v) is 1.41. The Balaban J connectivity index is 0.000000561. The number of hydrogen-bond donors (Lipinski definition) is 0. The van der Waals surface area contributed by atoms with Crippen molar-refractivity contribution in [1.29, 1.82) is 0 Å². The Bertz CT molecular complexity index is 166. The van der Waals surface area contributed by atoms with Crippen molar-refractivity contribution in [2.75, 3.05) is 6.66 Å². The van der Waals surface area contributed by atoms with Crippen LogP contribution in [0.2, 0.25) is 0 Å². The SMILES string of the molecule is CC.CCc1ccc(PC)cc1. The summed E-state index contributed by atoms with van der Waals surface area (Å²) >= 11 is 0. The minimum Gasteiger partial charge on any atom is -0.0936 e. The molecule has 1 aromatic carbocycles. The molecular formula is C11H19P. The van der Waals surface area contributed by atoms with Crippen molar-refractivity contribution in [3.05, 3.63) is 29.8 Å². The second kappa shape index (κ2) is 7.31. The normalized spacial score (nSPS) is 9.67. The summed E-state index contributed by atoms with van der Waals surface area (Å²) in [6.45, 7) is 8.39. The monoisotopic (exact) mass is 182 g/mol. The maximum absolute atomic E-state index is 2.22. The molecule has 0 saturated carbocycles. The Morgan fingerprint density at radius 1 is 1.08 bits per heavy atom. The van der Waals surface area contributed by atoms with Crippen LogP contribution in [-0.2, 0) is 6.42 Å². The van der Waals surface area contributed by atoms with Gasteiger partial charge in [0.25, 0.3) is 0 Å². The second-order valence-corrected chi connectivity index (χ2v) is 3.38. The van der Waals surface area contributed by atoms with Crippen LogP contribution in [-0.4, -0.2) is 6.66 Å². The second-order valence-electron chi connectivity index (χ2n) is 2.30. The molecule has 0 radical (unpaired) electrons. The first-order valence-corrected chi connectivity index (χ1v) is 6.13. The predicted molar refractivity (Wildman–Crippen MR) is 61.0 cm³/mol. The average molecular weight is 182 g/mol. The summed E-state index contributed by atoms with van der Waals surface area (Å²) in [7, 11) is 0.928. The fraction of sp³-hybridized carbons (Fsp3) is 0.455. The van der Waals surface area contributed by atoms with Gasteiger partial charge in [0, 0.05) is 0 Å². The zero-order chi connectivity index (χ0) is 9.40. The molecule has 0 spiro atoms. The highest BCUT2D eigenvalue weighted by Crippen LogP contribution is 2.05. The number of hydrogen-bond acceptors (Lipinski definition) is 0. The molecule has 0 heterocycles. The van der Waals surface area contributed by atoms with E-state index < -0.39 is 0 Å². The summed E-state index contributed by atoms with van der Waals surface area (Å²) in [6.07, 6.45) is 1.15.